The smallest absolute Gasteiger partial charge is 0.143 e. The Morgan fingerprint density at radius 2 is 0.762 bits per heavy atom. The molecule has 0 spiro atoms. The van der Waals surface area contributed by atoms with E-state index in [-0.39, 0.29) is 0 Å². The second-order valence-corrected chi connectivity index (χ2v) is 16.5. The van der Waals surface area contributed by atoms with Crippen LogP contribution in [0.25, 0.3) is 121 Å². The number of hydrogen-bond donors (Lipinski definition) is 0. The number of hydrogen-bond acceptors (Lipinski definition) is 1. The number of nitrogens with zero attached hydrogens (tertiary/aromatic N) is 2. The molecule has 3 nitrogen and oxygen atoms in total. The first-order valence-electron chi connectivity index (χ1n) is 21.6. The fourth-order valence-corrected chi connectivity index (χ4v) is 10.00. The van der Waals surface area contributed by atoms with Crippen molar-refractivity contribution in [2.75, 3.05) is 0 Å². The summed E-state index contributed by atoms with van der Waals surface area (Å²) in [5.74, 6) is 0. The highest BCUT2D eigenvalue weighted by Crippen LogP contribution is 2.42. The third-order valence-electron chi connectivity index (χ3n) is 12.9. The first-order valence-corrected chi connectivity index (χ1v) is 21.6. The molecule has 0 aliphatic heterocycles. The maximum absolute atomic E-state index is 6.49. The van der Waals surface area contributed by atoms with E-state index in [4.69, 9.17) is 4.42 Å². The third kappa shape index (κ3) is 5.60. The Labute approximate surface area is 363 Å². The molecule has 10 aromatic carbocycles. The quantitative estimate of drug-likeness (QED) is 0.164. The van der Waals surface area contributed by atoms with Gasteiger partial charge in [0, 0.05) is 49.1 Å². The van der Waals surface area contributed by atoms with E-state index in [1.807, 2.05) is 12.1 Å². The van der Waals surface area contributed by atoms with Gasteiger partial charge in [0.1, 0.15) is 11.2 Å². The van der Waals surface area contributed by atoms with Gasteiger partial charge in [0.2, 0.25) is 0 Å². The standard InChI is InChI=1S/C60H38N2O/c1-3-14-39(15-4-1)42-28-33-56-52(36-42)53-37-43(40-16-5-2-6-17-40)29-34-57(53)61(56)45-31-26-41(27-32-45)46-18-7-10-23-54(46)62-55-24-11-8-19-48(55)51-38-44(30-35-58(51)62)47-21-13-22-50-49-20-9-12-25-59(49)63-60(47)50/h1-38H. The Morgan fingerprint density at radius 3 is 1.48 bits per heavy atom. The average molecular weight is 803 g/mol. The molecule has 0 atom stereocenters. The Kier molecular flexibility index (Phi) is 7.91. The van der Waals surface area contributed by atoms with Gasteiger partial charge in [0.25, 0.3) is 0 Å². The van der Waals surface area contributed by atoms with Gasteiger partial charge in [-0.1, -0.05) is 164 Å². The predicted molar refractivity (Wildman–Crippen MR) is 264 cm³/mol. The van der Waals surface area contributed by atoms with Crippen molar-refractivity contribution in [1.29, 1.82) is 0 Å². The van der Waals surface area contributed by atoms with Crippen LogP contribution in [0.5, 0.6) is 0 Å². The van der Waals surface area contributed by atoms with Gasteiger partial charge in [-0.15, -0.1) is 0 Å². The number of furan rings is 1. The lowest BCUT2D eigenvalue weighted by Crippen LogP contribution is -1.98. The highest BCUT2D eigenvalue weighted by Gasteiger charge is 2.19. The van der Waals surface area contributed by atoms with Crippen LogP contribution in [0.15, 0.2) is 235 Å². The minimum absolute atomic E-state index is 0.909. The van der Waals surface area contributed by atoms with E-state index < -0.39 is 0 Å². The largest absolute Gasteiger partial charge is 0.455 e. The van der Waals surface area contributed by atoms with Crippen LogP contribution in [0, 0.1) is 0 Å². The van der Waals surface area contributed by atoms with Gasteiger partial charge in [-0.25, -0.2) is 0 Å². The highest BCUT2D eigenvalue weighted by atomic mass is 16.3. The van der Waals surface area contributed by atoms with Gasteiger partial charge in [-0.2, -0.15) is 0 Å². The molecule has 3 aromatic heterocycles. The van der Waals surface area contributed by atoms with Crippen LogP contribution in [0.1, 0.15) is 0 Å². The maximum Gasteiger partial charge on any atom is 0.143 e. The zero-order valence-electron chi connectivity index (χ0n) is 34.2. The summed E-state index contributed by atoms with van der Waals surface area (Å²) in [5.41, 5.74) is 18.2. The molecule has 0 amide bonds. The number of fused-ring (bicyclic) bond motifs is 9. The zero-order valence-corrected chi connectivity index (χ0v) is 34.2. The molecular formula is C60H38N2O. The molecule has 0 saturated heterocycles. The van der Waals surface area contributed by atoms with Crippen molar-refractivity contribution in [3.8, 4) is 55.9 Å². The van der Waals surface area contributed by atoms with E-state index in [0.29, 0.717) is 0 Å². The molecule has 0 radical (unpaired) electrons. The SMILES string of the molecule is c1ccc(-c2ccc3c(c2)c2cc(-c4ccccc4)ccc2n3-c2ccc(-c3ccccc3-n3c4ccccc4c4cc(-c5cccc6c5oc5ccccc56)ccc43)cc2)cc1. The summed E-state index contributed by atoms with van der Waals surface area (Å²) in [5, 5.41) is 7.18. The summed E-state index contributed by atoms with van der Waals surface area (Å²) in [6, 6.07) is 83.4. The van der Waals surface area contributed by atoms with E-state index >= 15 is 0 Å². The van der Waals surface area contributed by atoms with Crippen LogP contribution in [0.2, 0.25) is 0 Å². The molecule has 294 valence electrons. The normalized spacial score (nSPS) is 11.8. The van der Waals surface area contributed by atoms with Crippen molar-refractivity contribution in [2.24, 2.45) is 0 Å². The van der Waals surface area contributed by atoms with Crippen LogP contribution < -0.4 is 0 Å². The number of para-hydroxylation sites is 4. The van der Waals surface area contributed by atoms with Gasteiger partial charge >= 0.3 is 0 Å². The lowest BCUT2D eigenvalue weighted by atomic mass is 10.00. The maximum atomic E-state index is 6.49. The second-order valence-electron chi connectivity index (χ2n) is 16.5. The summed E-state index contributed by atoms with van der Waals surface area (Å²) in [6.45, 7) is 0. The molecule has 0 aliphatic rings. The van der Waals surface area contributed by atoms with Crippen LogP contribution in [-0.2, 0) is 0 Å². The Morgan fingerprint density at radius 1 is 0.270 bits per heavy atom. The van der Waals surface area contributed by atoms with Crippen LogP contribution in [0.3, 0.4) is 0 Å². The topological polar surface area (TPSA) is 23.0 Å². The lowest BCUT2D eigenvalue weighted by Gasteiger charge is -2.15. The molecule has 0 aliphatic carbocycles. The molecule has 63 heavy (non-hydrogen) atoms. The fraction of sp³-hybridized carbons (Fsp3) is 0. The molecule has 13 rings (SSSR count). The fourth-order valence-electron chi connectivity index (χ4n) is 10.00. The highest BCUT2D eigenvalue weighted by molar-refractivity contribution is 6.14. The van der Waals surface area contributed by atoms with Gasteiger partial charge in [-0.05, 0) is 100 Å². The molecule has 0 N–H and O–H groups in total. The predicted octanol–water partition coefficient (Wildman–Crippen LogP) is 16.4. The minimum atomic E-state index is 0.909. The molecule has 3 heteroatoms. The Hall–Kier alpha value is -8.40. The van der Waals surface area contributed by atoms with Crippen molar-refractivity contribution >= 4 is 65.6 Å². The van der Waals surface area contributed by atoms with Crippen LogP contribution >= 0.6 is 0 Å². The van der Waals surface area contributed by atoms with Crippen molar-refractivity contribution in [2.45, 2.75) is 0 Å². The van der Waals surface area contributed by atoms with Crippen molar-refractivity contribution in [3.05, 3.63) is 231 Å². The van der Waals surface area contributed by atoms with Crippen molar-refractivity contribution < 1.29 is 4.42 Å². The van der Waals surface area contributed by atoms with Crippen LogP contribution in [0.4, 0.5) is 0 Å². The Bertz CT molecular complexity index is 3790. The van der Waals surface area contributed by atoms with Crippen LogP contribution in [-0.4, -0.2) is 9.13 Å². The minimum Gasteiger partial charge on any atom is -0.455 e. The summed E-state index contributed by atoms with van der Waals surface area (Å²) in [7, 11) is 0. The van der Waals surface area contributed by atoms with Gasteiger partial charge in [0.15, 0.2) is 0 Å². The monoisotopic (exact) mass is 802 g/mol. The van der Waals surface area contributed by atoms with Crippen molar-refractivity contribution in [3.63, 3.8) is 0 Å². The summed E-state index contributed by atoms with van der Waals surface area (Å²) >= 11 is 0. The molecule has 0 unspecified atom stereocenters. The second kappa shape index (κ2) is 14.1. The zero-order chi connectivity index (χ0) is 41.4. The van der Waals surface area contributed by atoms with E-state index in [0.717, 1.165) is 55.5 Å². The summed E-state index contributed by atoms with van der Waals surface area (Å²) in [6.07, 6.45) is 0. The molecule has 0 fully saturated rings. The number of benzene rings is 10. The van der Waals surface area contributed by atoms with E-state index in [9.17, 15) is 0 Å². The Balaban J connectivity index is 0.937. The molecule has 3 heterocycles. The van der Waals surface area contributed by atoms with E-state index in [2.05, 4.69) is 228 Å². The first-order chi connectivity index (χ1) is 31.2. The van der Waals surface area contributed by atoms with Crippen molar-refractivity contribution in [1.82, 2.24) is 9.13 Å². The number of rotatable bonds is 6. The van der Waals surface area contributed by atoms with Gasteiger partial charge < -0.3 is 13.6 Å². The molecule has 13 aromatic rings. The molecule has 0 bridgehead atoms. The summed E-state index contributed by atoms with van der Waals surface area (Å²) in [4.78, 5) is 0. The molecular weight excluding hydrogens is 765 g/mol. The third-order valence-corrected chi connectivity index (χ3v) is 12.9. The van der Waals surface area contributed by atoms with E-state index in [1.165, 1.54) is 65.9 Å². The lowest BCUT2D eigenvalue weighted by molar-refractivity contribution is 0.670. The van der Waals surface area contributed by atoms with E-state index in [1.54, 1.807) is 0 Å². The molecule has 0 saturated carbocycles. The first kappa shape index (κ1) is 35.4. The summed E-state index contributed by atoms with van der Waals surface area (Å²) < 4.78 is 11.3. The van der Waals surface area contributed by atoms with Gasteiger partial charge in [0.05, 0.1) is 27.8 Å². The average Bonchev–Trinajstić information content (AvgIpc) is 4.02. The van der Waals surface area contributed by atoms with Gasteiger partial charge in [-0.3, -0.25) is 0 Å². The number of aromatic nitrogens is 2.